The summed E-state index contributed by atoms with van der Waals surface area (Å²) in [6.45, 7) is 2.16. The van der Waals surface area contributed by atoms with Gasteiger partial charge in [-0.05, 0) is 18.8 Å². The van der Waals surface area contributed by atoms with E-state index in [-0.39, 0.29) is 11.2 Å². The normalized spacial score (nSPS) is 34.4. The van der Waals surface area contributed by atoms with Gasteiger partial charge in [0, 0.05) is 6.42 Å². The summed E-state index contributed by atoms with van der Waals surface area (Å²) in [4.78, 5) is 10.9. The smallest absolute Gasteiger partial charge is 0.150 e. The maximum Gasteiger partial charge on any atom is 0.150 e. The van der Waals surface area contributed by atoms with Crippen LogP contribution in [-0.2, 0) is 4.79 Å². The highest BCUT2D eigenvalue weighted by atomic mass is 35.5. The minimum absolute atomic E-state index is 0.182. The molecule has 0 N–H and O–H groups in total. The number of alkyl halides is 1. The van der Waals surface area contributed by atoms with Gasteiger partial charge < -0.3 is 0 Å². The zero-order valence-electron chi connectivity index (χ0n) is 6.27. The van der Waals surface area contributed by atoms with Gasteiger partial charge in [0.2, 0.25) is 0 Å². The molecule has 1 fully saturated rings. The molecule has 0 radical (unpaired) electrons. The summed E-state index contributed by atoms with van der Waals surface area (Å²) in [5, 5.41) is -0.182. The average molecular weight is 161 g/mol. The summed E-state index contributed by atoms with van der Waals surface area (Å²) in [6, 6.07) is 0. The van der Waals surface area contributed by atoms with Crippen LogP contribution in [-0.4, -0.2) is 11.2 Å². The number of rotatable bonds is 1. The highest BCUT2D eigenvalue weighted by Gasteiger charge is 2.25. The number of Topliss-reactive ketones (excluding diaryl/α,β-unsaturated/α-hetero) is 1. The summed E-state index contributed by atoms with van der Waals surface area (Å²) in [5.74, 6) is 0.937. The van der Waals surface area contributed by atoms with Gasteiger partial charge in [-0.15, -0.1) is 11.6 Å². The zero-order valence-corrected chi connectivity index (χ0v) is 7.03. The largest absolute Gasteiger partial charge is 0.298 e. The van der Waals surface area contributed by atoms with E-state index in [0.29, 0.717) is 12.3 Å². The van der Waals surface area contributed by atoms with Gasteiger partial charge in [0.1, 0.15) is 0 Å². The number of hydrogen-bond donors (Lipinski definition) is 0. The Bertz CT molecular complexity index is 133. The molecule has 0 heterocycles. The quantitative estimate of drug-likeness (QED) is 0.539. The zero-order chi connectivity index (χ0) is 7.56. The lowest BCUT2D eigenvalue weighted by molar-refractivity contribution is -0.120. The van der Waals surface area contributed by atoms with Crippen LogP contribution in [0.4, 0.5) is 0 Å². The lowest BCUT2D eigenvalue weighted by atomic mass is 9.86. The molecule has 0 saturated heterocycles. The topological polar surface area (TPSA) is 17.1 Å². The number of halogens is 1. The molecule has 58 valence electrons. The van der Waals surface area contributed by atoms with Crippen LogP contribution in [0.5, 0.6) is 0 Å². The summed E-state index contributed by atoms with van der Waals surface area (Å²) in [7, 11) is 0. The van der Waals surface area contributed by atoms with Gasteiger partial charge >= 0.3 is 0 Å². The molecule has 0 amide bonds. The second kappa shape index (κ2) is 3.38. The molecule has 0 spiro atoms. The molecule has 1 saturated carbocycles. The third-order valence-corrected chi connectivity index (χ3v) is 2.69. The SMILES string of the molecule is CCC1CCC(=O)C(Cl)C1. The fourth-order valence-electron chi connectivity index (χ4n) is 1.42. The van der Waals surface area contributed by atoms with Gasteiger partial charge in [-0.1, -0.05) is 13.3 Å². The van der Waals surface area contributed by atoms with E-state index in [0.717, 1.165) is 19.3 Å². The molecule has 1 rings (SSSR count). The Morgan fingerprint density at radius 2 is 2.40 bits per heavy atom. The van der Waals surface area contributed by atoms with Crippen LogP contribution >= 0.6 is 11.6 Å². The van der Waals surface area contributed by atoms with Crippen molar-refractivity contribution in [2.24, 2.45) is 5.92 Å². The minimum atomic E-state index is -0.182. The molecule has 2 unspecified atom stereocenters. The van der Waals surface area contributed by atoms with Crippen LogP contribution in [0.1, 0.15) is 32.6 Å². The number of carbonyl (C=O) groups is 1. The van der Waals surface area contributed by atoms with Crippen molar-refractivity contribution in [3.8, 4) is 0 Å². The molecule has 1 nitrogen and oxygen atoms in total. The van der Waals surface area contributed by atoms with E-state index in [2.05, 4.69) is 6.92 Å². The van der Waals surface area contributed by atoms with Crippen molar-refractivity contribution in [1.29, 1.82) is 0 Å². The van der Waals surface area contributed by atoms with Gasteiger partial charge in [-0.3, -0.25) is 4.79 Å². The predicted octanol–water partition coefficient (Wildman–Crippen LogP) is 2.37. The molecular formula is C8H13ClO. The van der Waals surface area contributed by atoms with E-state index in [9.17, 15) is 4.79 Å². The maximum absolute atomic E-state index is 10.9. The Morgan fingerprint density at radius 3 is 2.90 bits per heavy atom. The molecule has 0 aromatic carbocycles. The fourth-order valence-corrected chi connectivity index (χ4v) is 1.78. The third kappa shape index (κ3) is 1.72. The van der Waals surface area contributed by atoms with Crippen molar-refractivity contribution in [2.45, 2.75) is 38.0 Å². The highest BCUT2D eigenvalue weighted by molar-refractivity contribution is 6.31. The molecular weight excluding hydrogens is 148 g/mol. The summed E-state index contributed by atoms with van der Waals surface area (Å²) >= 11 is 5.79. The lowest BCUT2D eigenvalue weighted by Gasteiger charge is -2.22. The fraction of sp³-hybridized carbons (Fsp3) is 0.875. The highest BCUT2D eigenvalue weighted by Crippen LogP contribution is 2.27. The Kier molecular flexibility index (Phi) is 2.72. The van der Waals surface area contributed by atoms with Crippen LogP contribution in [0.25, 0.3) is 0 Å². The van der Waals surface area contributed by atoms with E-state index in [1.54, 1.807) is 0 Å². The average Bonchev–Trinajstić information content (AvgIpc) is 1.95. The predicted molar refractivity (Wildman–Crippen MR) is 42.3 cm³/mol. The Labute approximate surface area is 66.8 Å². The van der Waals surface area contributed by atoms with Crippen molar-refractivity contribution >= 4 is 17.4 Å². The van der Waals surface area contributed by atoms with Crippen molar-refractivity contribution in [3.63, 3.8) is 0 Å². The van der Waals surface area contributed by atoms with Crippen LogP contribution < -0.4 is 0 Å². The first-order valence-electron chi connectivity index (χ1n) is 3.90. The van der Waals surface area contributed by atoms with Crippen molar-refractivity contribution < 1.29 is 4.79 Å². The number of ketones is 1. The second-order valence-corrected chi connectivity index (χ2v) is 3.51. The van der Waals surface area contributed by atoms with E-state index < -0.39 is 0 Å². The molecule has 0 aromatic heterocycles. The third-order valence-electron chi connectivity index (χ3n) is 2.27. The first-order chi connectivity index (χ1) is 4.74. The first kappa shape index (κ1) is 8.06. The van der Waals surface area contributed by atoms with Crippen LogP contribution in [0.3, 0.4) is 0 Å². The number of carbonyl (C=O) groups excluding carboxylic acids is 1. The van der Waals surface area contributed by atoms with E-state index in [1.165, 1.54) is 0 Å². The van der Waals surface area contributed by atoms with Gasteiger partial charge in [-0.25, -0.2) is 0 Å². The summed E-state index contributed by atoms with van der Waals surface area (Å²) in [6.07, 6.45) is 3.82. The van der Waals surface area contributed by atoms with Crippen LogP contribution in [0.2, 0.25) is 0 Å². The van der Waals surface area contributed by atoms with Crippen LogP contribution in [0, 0.1) is 5.92 Å². The molecule has 2 heteroatoms. The van der Waals surface area contributed by atoms with Crippen molar-refractivity contribution in [1.82, 2.24) is 0 Å². The second-order valence-electron chi connectivity index (χ2n) is 2.98. The molecule has 2 atom stereocenters. The van der Waals surface area contributed by atoms with Gasteiger partial charge in [0.05, 0.1) is 5.38 Å². The van der Waals surface area contributed by atoms with Crippen molar-refractivity contribution in [3.05, 3.63) is 0 Å². The van der Waals surface area contributed by atoms with Crippen LogP contribution in [0.15, 0.2) is 0 Å². The first-order valence-corrected chi connectivity index (χ1v) is 4.34. The standard InChI is InChI=1S/C8H13ClO/c1-2-6-3-4-8(10)7(9)5-6/h6-7H,2-5H2,1H3. The summed E-state index contributed by atoms with van der Waals surface area (Å²) in [5.41, 5.74) is 0. The van der Waals surface area contributed by atoms with Gasteiger partial charge in [-0.2, -0.15) is 0 Å². The molecule has 1 aliphatic rings. The van der Waals surface area contributed by atoms with E-state index >= 15 is 0 Å². The van der Waals surface area contributed by atoms with Gasteiger partial charge in [0.15, 0.2) is 5.78 Å². The maximum atomic E-state index is 10.9. The monoisotopic (exact) mass is 160 g/mol. The molecule has 0 aliphatic heterocycles. The molecule has 10 heavy (non-hydrogen) atoms. The molecule has 1 aliphatic carbocycles. The Morgan fingerprint density at radius 1 is 1.70 bits per heavy atom. The van der Waals surface area contributed by atoms with E-state index in [1.807, 2.05) is 0 Å². The van der Waals surface area contributed by atoms with Gasteiger partial charge in [0.25, 0.3) is 0 Å². The molecule has 0 bridgehead atoms. The lowest BCUT2D eigenvalue weighted by Crippen LogP contribution is -2.24. The number of hydrogen-bond acceptors (Lipinski definition) is 1. The van der Waals surface area contributed by atoms with E-state index in [4.69, 9.17) is 11.6 Å². The minimum Gasteiger partial charge on any atom is -0.298 e. The Balaban J connectivity index is 2.40. The summed E-state index contributed by atoms with van der Waals surface area (Å²) < 4.78 is 0. The Hall–Kier alpha value is -0.0400. The van der Waals surface area contributed by atoms with Crippen molar-refractivity contribution in [2.75, 3.05) is 0 Å². The molecule has 0 aromatic rings.